The molecular weight excluding hydrogens is 300 g/mol. The zero-order valence-electron chi connectivity index (χ0n) is 13.3. The Bertz CT molecular complexity index is 487. The highest BCUT2D eigenvalue weighted by Gasteiger charge is 2.24. The summed E-state index contributed by atoms with van der Waals surface area (Å²) in [5, 5.41) is 3.74. The van der Waals surface area contributed by atoms with E-state index in [9.17, 15) is 4.79 Å². The Kier molecular flexibility index (Phi) is 6.52. The smallest absolute Gasteiger partial charge is 0.261 e. The number of hydrogen-bond donors (Lipinski definition) is 1. The second kappa shape index (κ2) is 8.39. The summed E-state index contributed by atoms with van der Waals surface area (Å²) in [6.45, 7) is 7.30. The summed E-state index contributed by atoms with van der Waals surface area (Å²) < 4.78 is 5.78. The Morgan fingerprint density at radius 3 is 2.73 bits per heavy atom. The normalized spacial score (nSPS) is 18.0. The van der Waals surface area contributed by atoms with Crippen molar-refractivity contribution >= 4 is 17.5 Å². The van der Waals surface area contributed by atoms with Gasteiger partial charge in [0.15, 0.2) is 6.10 Å². The van der Waals surface area contributed by atoms with Gasteiger partial charge in [-0.15, -0.1) is 0 Å². The molecule has 1 amide bonds. The number of benzene rings is 1. The van der Waals surface area contributed by atoms with Gasteiger partial charge >= 0.3 is 0 Å². The van der Waals surface area contributed by atoms with E-state index in [1.807, 2.05) is 19.1 Å². The van der Waals surface area contributed by atoms with Crippen LogP contribution in [0.5, 0.6) is 5.75 Å². The monoisotopic (exact) mass is 324 g/mol. The van der Waals surface area contributed by atoms with Crippen molar-refractivity contribution in [3.8, 4) is 5.75 Å². The standard InChI is InChI=1S/C17H25ClN2O2/c1-3-16(22-15-7-5-6-13(18)12-15)17(21)19-14-8-10-20(4-2)11-9-14/h5-7,12,14,16H,3-4,8-11H2,1-2H3,(H,19,21)/t16-/m0/s1. The molecule has 4 nitrogen and oxygen atoms in total. The number of piperidine rings is 1. The molecule has 122 valence electrons. The fraction of sp³-hybridized carbons (Fsp3) is 0.588. The number of rotatable bonds is 6. The molecule has 1 aliphatic heterocycles. The van der Waals surface area contributed by atoms with E-state index in [1.165, 1.54) is 0 Å². The lowest BCUT2D eigenvalue weighted by molar-refractivity contribution is -0.129. The SMILES string of the molecule is CC[C@H](Oc1cccc(Cl)c1)C(=O)NC1CCN(CC)CC1. The second-order valence-corrected chi connectivity index (χ2v) is 6.13. The molecule has 0 bridgehead atoms. The van der Waals surface area contributed by atoms with Crippen molar-refractivity contribution in [2.75, 3.05) is 19.6 Å². The number of carbonyl (C=O) groups is 1. The molecule has 1 heterocycles. The minimum absolute atomic E-state index is 0.0302. The van der Waals surface area contributed by atoms with E-state index in [2.05, 4.69) is 17.1 Å². The van der Waals surface area contributed by atoms with E-state index < -0.39 is 6.10 Å². The van der Waals surface area contributed by atoms with Gasteiger partial charge in [0.25, 0.3) is 5.91 Å². The molecule has 0 saturated carbocycles. The number of nitrogens with one attached hydrogen (secondary N) is 1. The van der Waals surface area contributed by atoms with E-state index in [-0.39, 0.29) is 11.9 Å². The molecule has 1 aromatic rings. The van der Waals surface area contributed by atoms with Crippen molar-refractivity contribution in [1.29, 1.82) is 0 Å². The zero-order valence-corrected chi connectivity index (χ0v) is 14.1. The Morgan fingerprint density at radius 2 is 2.14 bits per heavy atom. The Hall–Kier alpha value is -1.26. The van der Waals surface area contributed by atoms with Crippen molar-refractivity contribution < 1.29 is 9.53 Å². The van der Waals surface area contributed by atoms with Crippen molar-refractivity contribution in [3.05, 3.63) is 29.3 Å². The third-order valence-electron chi connectivity index (χ3n) is 4.12. The van der Waals surface area contributed by atoms with Crippen LogP contribution in [0, 0.1) is 0 Å². The Balaban J connectivity index is 1.86. The largest absolute Gasteiger partial charge is 0.481 e. The van der Waals surface area contributed by atoms with Crippen molar-refractivity contribution in [1.82, 2.24) is 10.2 Å². The van der Waals surface area contributed by atoms with Gasteiger partial charge in [-0.2, -0.15) is 0 Å². The summed E-state index contributed by atoms with van der Waals surface area (Å²) in [4.78, 5) is 14.8. The van der Waals surface area contributed by atoms with Gasteiger partial charge < -0.3 is 15.0 Å². The summed E-state index contributed by atoms with van der Waals surface area (Å²) in [6, 6.07) is 7.42. The van der Waals surface area contributed by atoms with Crippen LogP contribution in [0.15, 0.2) is 24.3 Å². The Labute approximate surface area is 137 Å². The van der Waals surface area contributed by atoms with Gasteiger partial charge in [0, 0.05) is 24.2 Å². The maximum atomic E-state index is 12.4. The van der Waals surface area contributed by atoms with Crippen LogP contribution in [-0.4, -0.2) is 42.6 Å². The van der Waals surface area contributed by atoms with Crippen LogP contribution in [-0.2, 0) is 4.79 Å². The molecule has 1 saturated heterocycles. The molecule has 22 heavy (non-hydrogen) atoms. The maximum absolute atomic E-state index is 12.4. The predicted molar refractivity (Wildman–Crippen MR) is 89.4 cm³/mol. The van der Waals surface area contributed by atoms with Gasteiger partial charge in [-0.05, 0) is 44.0 Å². The summed E-state index contributed by atoms with van der Waals surface area (Å²) >= 11 is 5.95. The number of hydrogen-bond acceptors (Lipinski definition) is 3. The lowest BCUT2D eigenvalue weighted by Gasteiger charge is -2.32. The average molecular weight is 325 g/mol. The third-order valence-corrected chi connectivity index (χ3v) is 4.35. The molecule has 1 atom stereocenters. The topological polar surface area (TPSA) is 41.6 Å². The van der Waals surface area contributed by atoms with Crippen LogP contribution < -0.4 is 10.1 Å². The van der Waals surface area contributed by atoms with Gasteiger partial charge in [0.1, 0.15) is 5.75 Å². The van der Waals surface area contributed by atoms with Crippen LogP contribution in [0.4, 0.5) is 0 Å². The third kappa shape index (κ3) is 4.89. The quantitative estimate of drug-likeness (QED) is 0.874. The van der Waals surface area contributed by atoms with Crippen LogP contribution in [0.2, 0.25) is 5.02 Å². The number of carbonyl (C=O) groups excluding carboxylic acids is 1. The number of likely N-dealkylation sites (tertiary alicyclic amines) is 1. The predicted octanol–water partition coefficient (Wildman–Crippen LogP) is 3.10. The second-order valence-electron chi connectivity index (χ2n) is 5.69. The van der Waals surface area contributed by atoms with E-state index in [1.54, 1.807) is 12.1 Å². The number of nitrogens with zero attached hydrogens (tertiary/aromatic N) is 1. The molecule has 5 heteroatoms. The van der Waals surface area contributed by atoms with Crippen LogP contribution in [0.3, 0.4) is 0 Å². The van der Waals surface area contributed by atoms with Gasteiger partial charge in [0.2, 0.25) is 0 Å². The molecule has 1 aromatic carbocycles. The van der Waals surface area contributed by atoms with Crippen molar-refractivity contribution in [2.24, 2.45) is 0 Å². The van der Waals surface area contributed by atoms with Crippen molar-refractivity contribution in [2.45, 2.75) is 45.3 Å². The molecular formula is C17H25ClN2O2. The molecule has 0 unspecified atom stereocenters. The first-order chi connectivity index (χ1) is 10.6. The minimum atomic E-state index is -0.470. The average Bonchev–Trinajstić information content (AvgIpc) is 2.53. The minimum Gasteiger partial charge on any atom is -0.481 e. The molecule has 2 rings (SSSR count). The fourth-order valence-electron chi connectivity index (χ4n) is 2.71. The van der Waals surface area contributed by atoms with Gasteiger partial charge in [-0.1, -0.05) is 31.5 Å². The first-order valence-corrected chi connectivity index (χ1v) is 8.45. The number of ether oxygens (including phenoxy) is 1. The van der Waals surface area contributed by atoms with Crippen molar-refractivity contribution in [3.63, 3.8) is 0 Å². The number of halogens is 1. The van der Waals surface area contributed by atoms with Gasteiger partial charge in [0.05, 0.1) is 0 Å². The fourth-order valence-corrected chi connectivity index (χ4v) is 2.89. The first-order valence-electron chi connectivity index (χ1n) is 8.07. The highest BCUT2D eigenvalue weighted by atomic mass is 35.5. The molecule has 0 radical (unpaired) electrons. The highest BCUT2D eigenvalue weighted by Crippen LogP contribution is 2.19. The molecule has 1 N–H and O–H groups in total. The van der Waals surface area contributed by atoms with E-state index in [0.29, 0.717) is 17.2 Å². The first kappa shape index (κ1) is 17.1. The van der Waals surface area contributed by atoms with Crippen LogP contribution in [0.1, 0.15) is 33.1 Å². The lowest BCUT2D eigenvalue weighted by Crippen LogP contribution is -2.48. The summed E-state index contributed by atoms with van der Waals surface area (Å²) in [5.74, 6) is 0.604. The van der Waals surface area contributed by atoms with E-state index in [0.717, 1.165) is 32.5 Å². The highest BCUT2D eigenvalue weighted by molar-refractivity contribution is 6.30. The summed E-state index contributed by atoms with van der Waals surface area (Å²) in [6.07, 6.45) is 2.18. The van der Waals surface area contributed by atoms with Crippen LogP contribution >= 0.6 is 11.6 Å². The van der Waals surface area contributed by atoms with Gasteiger partial charge in [-0.25, -0.2) is 0 Å². The molecule has 0 spiro atoms. The molecule has 0 aromatic heterocycles. The van der Waals surface area contributed by atoms with Gasteiger partial charge in [-0.3, -0.25) is 4.79 Å². The Morgan fingerprint density at radius 1 is 1.41 bits per heavy atom. The summed E-state index contributed by atoms with van der Waals surface area (Å²) in [5.41, 5.74) is 0. The molecule has 1 aliphatic rings. The molecule has 1 fully saturated rings. The number of amides is 1. The van der Waals surface area contributed by atoms with E-state index >= 15 is 0 Å². The van der Waals surface area contributed by atoms with E-state index in [4.69, 9.17) is 16.3 Å². The lowest BCUT2D eigenvalue weighted by atomic mass is 10.0. The maximum Gasteiger partial charge on any atom is 0.261 e. The zero-order chi connectivity index (χ0) is 15.9. The van der Waals surface area contributed by atoms with Crippen LogP contribution in [0.25, 0.3) is 0 Å². The summed E-state index contributed by atoms with van der Waals surface area (Å²) in [7, 11) is 0. The molecule has 0 aliphatic carbocycles.